The van der Waals surface area contributed by atoms with Gasteiger partial charge in [0.15, 0.2) is 5.58 Å². The molecule has 1 saturated heterocycles. The van der Waals surface area contributed by atoms with E-state index in [9.17, 15) is 9.59 Å². The van der Waals surface area contributed by atoms with Crippen LogP contribution in [-0.2, 0) is 16.6 Å². The first-order valence-corrected chi connectivity index (χ1v) is 12.3. The van der Waals surface area contributed by atoms with Crippen molar-refractivity contribution in [2.45, 2.75) is 18.8 Å². The van der Waals surface area contributed by atoms with Crippen molar-refractivity contribution in [2.24, 2.45) is 7.05 Å². The van der Waals surface area contributed by atoms with Gasteiger partial charge in [-0.15, -0.1) is 0 Å². The average molecular weight is 490 g/mol. The number of hydrogen-bond acceptors (Lipinski definition) is 7. The smallest absolute Gasteiger partial charge is 0.408 e. The summed E-state index contributed by atoms with van der Waals surface area (Å²) in [5, 5.41) is 8.60. The molecule has 4 aromatic rings. The Hall–Kier alpha value is -3.69. The molecule has 1 amide bonds. The van der Waals surface area contributed by atoms with Gasteiger partial charge in [0.2, 0.25) is 5.91 Å². The fourth-order valence-corrected chi connectivity index (χ4v) is 4.89. The van der Waals surface area contributed by atoms with Gasteiger partial charge >= 0.3 is 5.76 Å². The van der Waals surface area contributed by atoms with Crippen LogP contribution in [0.5, 0.6) is 0 Å². The summed E-state index contributed by atoms with van der Waals surface area (Å²) in [6.45, 7) is 3.22. The fourth-order valence-electron chi connectivity index (χ4n) is 4.89. The lowest BCUT2D eigenvalue weighted by molar-refractivity contribution is -0.117. The number of aromatic nitrogens is 2. The number of oxazole rings is 1. The largest absolute Gasteiger partial charge is 0.419 e. The zero-order valence-electron chi connectivity index (χ0n) is 20.6. The SMILES string of the molecule is COCCNc1nc([C@H]2CCCN(CC(=O)Nc3ccc4c(c3)oc(=O)n4C)C2)cc2ccccc12. The summed E-state index contributed by atoms with van der Waals surface area (Å²) in [5.74, 6) is 0.598. The number of aryl methyl sites for hydroxylation is 1. The van der Waals surface area contributed by atoms with Crippen LogP contribution in [0.3, 0.4) is 0 Å². The number of nitrogens with zero attached hydrogens (tertiary/aromatic N) is 3. The van der Waals surface area contributed by atoms with E-state index in [0.717, 1.165) is 48.2 Å². The summed E-state index contributed by atoms with van der Waals surface area (Å²) in [7, 11) is 3.34. The molecule has 2 N–H and O–H groups in total. The van der Waals surface area contributed by atoms with Crippen molar-refractivity contribution >= 4 is 39.3 Å². The molecule has 188 valence electrons. The van der Waals surface area contributed by atoms with Gasteiger partial charge < -0.3 is 19.8 Å². The molecule has 36 heavy (non-hydrogen) atoms. The van der Waals surface area contributed by atoms with E-state index in [1.807, 2.05) is 12.1 Å². The molecule has 0 radical (unpaired) electrons. The Labute approximate surface area is 209 Å². The highest BCUT2D eigenvalue weighted by molar-refractivity contribution is 5.94. The zero-order chi connectivity index (χ0) is 25.1. The number of likely N-dealkylation sites (tertiary alicyclic amines) is 1. The molecule has 1 aliphatic heterocycles. The first-order valence-electron chi connectivity index (χ1n) is 12.3. The maximum Gasteiger partial charge on any atom is 0.419 e. The van der Waals surface area contributed by atoms with Gasteiger partial charge in [0.1, 0.15) is 5.82 Å². The molecule has 9 nitrogen and oxygen atoms in total. The Morgan fingerprint density at radius 1 is 1.22 bits per heavy atom. The van der Waals surface area contributed by atoms with Crippen LogP contribution in [0.4, 0.5) is 11.5 Å². The van der Waals surface area contributed by atoms with E-state index in [-0.39, 0.29) is 11.8 Å². The van der Waals surface area contributed by atoms with Crippen LogP contribution in [0.15, 0.2) is 57.7 Å². The lowest BCUT2D eigenvalue weighted by atomic mass is 9.93. The maximum absolute atomic E-state index is 12.8. The number of benzene rings is 2. The Morgan fingerprint density at radius 3 is 2.94 bits per heavy atom. The minimum atomic E-state index is -0.424. The van der Waals surface area contributed by atoms with Crippen LogP contribution in [0.25, 0.3) is 21.9 Å². The summed E-state index contributed by atoms with van der Waals surface area (Å²) in [5.41, 5.74) is 2.80. The number of anilines is 2. The molecule has 5 rings (SSSR count). The number of piperidine rings is 1. The number of methoxy groups -OCH3 is 1. The van der Waals surface area contributed by atoms with E-state index < -0.39 is 5.76 Å². The van der Waals surface area contributed by atoms with Gasteiger partial charge in [-0.3, -0.25) is 14.3 Å². The highest BCUT2D eigenvalue weighted by Crippen LogP contribution is 2.31. The molecule has 0 aliphatic carbocycles. The van der Waals surface area contributed by atoms with Crippen molar-refractivity contribution in [3.05, 3.63) is 64.8 Å². The minimum absolute atomic E-state index is 0.0957. The second kappa shape index (κ2) is 10.5. The molecular formula is C27H31N5O4. The Balaban J connectivity index is 1.27. The van der Waals surface area contributed by atoms with Gasteiger partial charge in [0.25, 0.3) is 0 Å². The van der Waals surface area contributed by atoms with Crippen LogP contribution in [0, 0.1) is 0 Å². The normalized spacial score (nSPS) is 16.4. The predicted molar refractivity (Wildman–Crippen MR) is 141 cm³/mol. The Kier molecular flexibility index (Phi) is 7.02. The van der Waals surface area contributed by atoms with E-state index in [1.165, 1.54) is 4.57 Å². The highest BCUT2D eigenvalue weighted by Gasteiger charge is 2.25. The molecule has 0 saturated carbocycles. The van der Waals surface area contributed by atoms with Gasteiger partial charge in [-0.1, -0.05) is 24.3 Å². The number of nitrogens with one attached hydrogen (secondary N) is 2. The molecular weight excluding hydrogens is 458 g/mol. The zero-order valence-corrected chi connectivity index (χ0v) is 20.6. The maximum atomic E-state index is 12.8. The number of carbonyl (C=O) groups excluding carboxylic acids is 1. The topological polar surface area (TPSA) is 102 Å². The molecule has 9 heteroatoms. The summed E-state index contributed by atoms with van der Waals surface area (Å²) >= 11 is 0. The number of hydrogen-bond donors (Lipinski definition) is 2. The molecule has 1 aliphatic rings. The fraction of sp³-hybridized carbons (Fsp3) is 0.370. The number of rotatable bonds is 8. The molecule has 2 aromatic heterocycles. The van der Waals surface area contributed by atoms with Crippen molar-refractivity contribution in [1.29, 1.82) is 0 Å². The first-order chi connectivity index (χ1) is 17.5. The number of pyridine rings is 1. The van der Waals surface area contributed by atoms with Crippen molar-refractivity contribution in [1.82, 2.24) is 14.5 Å². The summed E-state index contributed by atoms with van der Waals surface area (Å²) < 4.78 is 11.9. The van der Waals surface area contributed by atoms with Gasteiger partial charge in [-0.25, -0.2) is 9.78 Å². The van der Waals surface area contributed by atoms with Gasteiger partial charge in [-0.05, 0) is 43.0 Å². The van der Waals surface area contributed by atoms with Gasteiger partial charge in [0, 0.05) is 56.0 Å². The predicted octanol–water partition coefficient (Wildman–Crippen LogP) is 3.56. The average Bonchev–Trinajstić information content (AvgIpc) is 3.16. The third kappa shape index (κ3) is 5.12. The molecule has 2 aromatic carbocycles. The molecule has 0 unspecified atom stereocenters. The Morgan fingerprint density at radius 2 is 2.08 bits per heavy atom. The summed E-state index contributed by atoms with van der Waals surface area (Å²) in [6.07, 6.45) is 2.03. The molecule has 0 bridgehead atoms. The van der Waals surface area contributed by atoms with E-state index in [2.05, 4.69) is 33.7 Å². The molecule has 1 fully saturated rings. The lowest BCUT2D eigenvalue weighted by Crippen LogP contribution is -2.40. The molecule has 0 spiro atoms. The number of fused-ring (bicyclic) bond motifs is 2. The standard InChI is InChI=1S/C27H31N5O4/c1-31-23-10-9-20(15-24(23)36-27(31)34)29-25(33)17-32-12-5-7-19(16-32)22-14-18-6-3-4-8-21(18)26(30-22)28-11-13-35-2/h3-4,6,8-10,14-15,19H,5,7,11-13,16-17H2,1-2H3,(H,28,30)(H,29,33)/t19-/m0/s1. The van der Waals surface area contributed by atoms with E-state index in [4.69, 9.17) is 14.1 Å². The second-order valence-corrected chi connectivity index (χ2v) is 9.27. The van der Waals surface area contributed by atoms with E-state index in [1.54, 1.807) is 32.4 Å². The number of carbonyl (C=O) groups is 1. The third-order valence-corrected chi connectivity index (χ3v) is 6.73. The van der Waals surface area contributed by atoms with Crippen molar-refractivity contribution < 1.29 is 13.9 Å². The van der Waals surface area contributed by atoms with E-state index in [0.29, 0.717) is 36.5 Å². The Bertz CT molecular complexity index is 1440. The van der Waals surface area contributed by atoms with Crippen molar-refractivity contribution in [3.8, 4) is 0 Å². The monoisotopic (exact) mass is 489 g/mol. The quantitative estimate of drug-likeness (QED) is 0.365. The summed E-state index contributed by atoms with van der Waals surface area (Å²) in [4.78, 5) is 31.7. The highest BCUT2D eigenvalue weighted by atomic mass is 16.5. The van der Waals surface area contributed by atoms with Gasteiger partial charge in [-0.2, -0.15) is 0 Å². The molecule has 1 atom stereocenters. The van der Waals surface area contributed by atoms with Gasteiger partial charge in [0.05, 0.1) is 18.7 Å². The minimum Gasteiger partial charge on any atom is -0.408 e. The van der Waals surface area contributed by atoms with Crippen LogP contribution >= 0.6 is 0 Å². The lowest BCUT2D eigenvalue weighted by Gasteiger charge is -2.32. The second-order valence-electron chi connectivity index (χ2n) is 9.27. The number of ether oxygens (including phenoxy) is 1. The van der Waals surface area contributed by atoms with Crippen LogP contribution in [-0.4, -0.2) is 60.3 Å². The first kappa shape index (κ1) is 24.0. The van der Waals surface area contributed by atoms with Crippen LogP contribution < -0.4 is 16.4 Å². The molecule has 3 heterocycles. The number of amides is 1. The van der Waals surface area contributed by atoms with Crippen LogP contribution in [0.1, 0.15) is 24.5 Å². The van der Waals surface area contributed by atoms with Crippen LogP contribution in [0.2, 0.25) is 0 Å². The third-order valence-electron chi connectivity index (χ3n) is 6.73. The van der Waals surface area contributed by atoms with Crippen molar-refractivity contribution in [2.75, 3.05) is 50.5 Å². The van der Waals surface area contributed by atoms with Crippen molar-refractivity contribution in [3.63, 3.8) is 0 Å². The summed E-state index contributed by atoms with van der Waals surface area (Å²) in [6, 6.07) is 15.7. The van der Waals surface area contributed by atoms with E-state index >= 15 is 0 Å².